The van der Waals surface area contributed by atoms with Crippen LogP contribution < -0.4 is 0 Å². The monoisotopic (exact) mass is 196 g/mol. The molecule has 0 saturated heterocycles. The molecule has 72 valence electrons. The Labute approximate surface area is 78.8 Å². The standard InChI is InChI=1S/C10H6F2O2/c11-8-2-1-6(5-9(8)12)7-3-4-14-10(7)13/h1-3,5H,4H2. The van der Waals surface area contributed by atoms with Gasteiger partial charge in [-0.05, 0) is 23.8 Å². The molecule has 0 unspecified atom stereocenters. The molecule has 1 aliphatic rings. The summed E-state index contributed by atoms with van der Waals surface area (Å²) in [5.74, 6) is -2.40. The lowest BCUT2D eigenvalue weighted by Crippen LogP contribution is -1.99. The number of carbonyl (C=O) groups is 1. The average Bonchev–Trinajstić information content (AvgIpc) is 2.57. The molecule has 0 atom stereocenters. The van der Waals surface area contributed by atoms with Gasteiger partial charge in [0.15, 0.2) is 11.6 Å². The largest absolute Gasteiger partial charge is 0.458 e. The molecule has 0 saturated carbocycles. The van der Waals surface area contributed by atoms with Gasteiger partial charge in [0.1, 0.15) is 6.61 Å². The summed E-state index contributed by atoms with van der Waals surface area (Å²) >= 11 is 0. The lowest BCUT2D eigenvalue weighted by atomic mass is 10.1. The van der Waals surface area contributed by atoms with Gasteiger partial charge in [-0.25, -0.2) is 13.6 Å². The van der Waals surface area contributed by atoms with Crippen molar-refractivity contribution in [3.8, 4) is 0 Å². The number of carbonyl (C=O) groups excluding carboxylic acids is 1. The van der Waals surface area contributed by atoms with Gasteiger partial charge in [-0.2, -0.15) is 0 Å². The molecule has 0 bridgehead atoms. The van der Waals surface area contributed by atoms with E-state index in [1.807, 2.05) is 0 Å². The molecule has 1 aromatic rings. The Bertz CT molecular complexity index is 424. The Hall–Kier alpha value is -1.71. The number of halogens is 2. The first kappa shape index (κ1) is 8.87. The molecule has 0 N–H and O–H groups in total. The molecule has 2 nitrogen and oxygen atoms in total. The first-order valence-corrected chi connectivity index (χ1v) is 4.01. The summed E-state index contributed by atoms with van der Waals surface area (Å²) in [5.41, 5.74) is 0.621. The Morgan fingerprint density at radius 3 is 2.57 bits per heavy atom. The average molecular weight is 196 g/mol. The zero-order chi connectivity index (χ0) is 10.1. The third-order valence-corrected chi connectivity index (χ3v) is 1.95. The van der Waals surface area contributed by atoms with Gasteiger partial charge >= 0.3 is 5.97 Å². The third kappa shape index (κ3) is 1.39. The van der Waals surface area contributed by atoms with Crippen molar-refractivity contribution in [2.45, 2.75) is 0 Å². The number of rotatable bonds is 1. The van der Waals surface area contributed by atoms with Crippen LogP contribution >= 0.6 is 0 Å². The topological polar surface area (TPSA) is 26.3 Å². The minimum Gasteiger partial charge on any atom is -0.458 e. The molecule has 0 radical (unpaired) electrons. The van der Waals surface area contributed by atoms with Crippen molar-refractivity contribution in [1.82, 2.24) is 0 Å². The normalized spacial score (nSPS) is 15.3. The van der Waals surface area contributed by atoms with Crippen LogP contribution in [0.1, 0.15) is 5.56 Å². The van der Waals surface area contributed by atoms with E-state index in [9.17, 15) is 13.6 Å². The summed E-state index contributed by atoms with van der Waals surface area (Å²) in [6.45, 7) is 0.188. The molecule has 0 aliphatic carbocycles. The van der Waals surface area contributed by atoms with Gasteiger partial charge in [0.05, 0.1) is 5.57 Å². The molecule has 14 heavy (non-hydrogen) atoms. The second-order valence-electron chi connectivity index (χ2n) is 2.85. The highest BCUT2D eigenvalue weighted by Crippen LogP contribution is 2.21. The van der Waals surface area contributed by atoms with Gasteiger partial charge in [-0.3, -0.25) is 0 Å². The van der Waals surface area contributed by atoms with Crippen LogP contribution in [0.2, 0.25) is 0 Å². The van der Waals surface area contributed by atoms with Gasteiger partial charge in [0.25, 0.3) is 0 Å². The van der Waals surface area contributed by atoms with Crippen molar-refractivity contribution in [2.24, 2.45) is 0 Å². The number of ether oxygens (including phenoxy) is 1. The van der Waals surface area contributed by atoms with Gasteiger partial charge < -0.3 is 4.74 Å². The van der Waals surface area contributed by atoms with Crippen LogP contribution in [0.5, 0.6) is 0 Å². The highest BCUT2D eigenvalue weighted by Gasteiger charge is 2.19. The van der Waals surface area contributed by atoms with Gasteiger partial charge in [-0.15, -0.1) is 0 Å². The molecule has 2 rings (SSSR count). The second kappa shape index (κ2) is 3.21. The molecule has 0 fully saturated rings. The fourth-order valence-corrected chi connectivity index (χ4v) is 1.26. The van der Waals surface area contributed by atoms with E-state index in [1.54, 1.807) is 0 Å². The Morgan fingerprint density at radius 1 is 1.21 bits per heavy atom. The van der Waals surface area contributed by atoms with Crippen LogP contribution in [0.3, 0.4) is 0 Å². The summed E-state index contributed by atoms with van der Waals surface area (Å²) in [6, 6.07) is 3.31. The van der Waals surface area contributed by atoms with Crippen molar-refractivity contribution < 1.29 is 18.3 Å². The Morgan fingerprint density at radius 2 is 2.00 bits per heavy atom. The maximum atomic E-state index is 12.8. The minimum absolute atomic E-state index is 0.188. The van der Waals surface area contributed by atoms with Crippen molar-refractivity contribution in [3.63, 3.8) is 0 Å². The van der Waals surface area contributed by atoms with Crippen molar-refractivity contribution in [2.75, 3.05) is 6.61 Å². The summed E-state index contributed by atoms with van der Waals surface area (Å²) < 4.78 is 30.0. The molecule has 1 heterocycles. The third-order valence-electron chi connectivity index (χ3n) is 1.95. The van der Waals surface area contributed by atoms with E-state index >= 15 is 0 Å². The quantitative estimate of drug-likeness (QED) is 0.641. The number of hydrogen-bond donors (Lipinski definition) is 0. The highest BCUT2D eigenvalue weighted by molar-refractivity contribution is 6.18. The minimum atomic E-state index is -0.969. The van der Waals surface area contributed by atoms with Crippen molar-refractivity contribution in [3.05, 3.63) is 41.5 Å². The molecular weight excluding hydrogens is 190 g/mol. The number of cyclic esters (lactones) is 1. The van der Waals surface area contributed by atoms with E-state index in [0.29, 0.717) is 5.56 Å². The first-order valence-electron chi connectivity index (χ1n) is 4.01. The molecular formula is C10H6F2O2. The predicted molar refractivity (Wildman–Crippen MR) is 45.3 cm³/mol. The number of hydrogen-bond acceptors (Lipinski definition) is 2. The van der Waals surface area contributed by atoms with E-state index in [-0.39, 0.29) is 12.2 Å². The summed E-state index contributed by atoms with van der Waals surface area (Å²) in [5, 5.41) is 0. The first-order chi connectivity index (χ1) is 6.68. The van der Waals surface area contributed by atoms with E-state index in [2.05, 4.69) is 4.74 Å². The second-order valence-corrected chi connectivity index (χ2v) is 2.85. The van der Waals surface area contributed by atoms with Crippen LogP contribution in [0.4, 0.5) is 8.78 Å². The highest BCUT2D eigenvalue weighted by atomic mass is 19.2. The fraction of sp³-hybridized carbons (Fsp3) is 0.100. The molecule has 4 heteroatoms. The van der Waals surface area contributed by atoms with Gasteiger partial charge in [0.2, 0.25) is 0 Å². The predicted octanol–water partition coefficient (Wildman–Crippen LogP) is 1.91. The molecule has 0 spiro atoms. The zero-order valence-electron chi connectivity index (χ0n) is 7.09. The van der Waals surface area contributed by atoms with Gasteiger partial charge in [0, 0.05) is 0 Å². The molecule has 0 amide bonds. The Kier molecular flexibility index (Phi) is 2.04. The summed E-state index contributed by atoms with van der Waals surface area (Å²) in [7, 11) is 0. The lowest BCUT2D eigenvalue weighted by molar-refractivity contribution is -0.133. The fourth-order valence-electron chi connectivity index (χ4n) is 1.26. The van der Waals surface area contributed by atoms with E-state index in [4.69, 9.17) is 0 Å². The van der Waals surface area contributed by atoms with Crippen molar-refractivity contribution >= 4 is 11.5 Å². The lowest BCUT2D eigenvalue weighted by Gasteiger charge is -2.00. The maximum absolute atomic E-state index is 12.8. The maximum Gasteiger partial charge on any atom is 0.338 e. The smallest absolute Gasteiger partial charge is 0.338 e. The zero-order valence-corrected chi connectivity index (χ0v) is 7.09. The SMILES string of the molecule is O=C1OCC=C1c1ccc(F)c(F)c1. The van der Waals surface area contributed by atoms with Crippen LogP contribution in [-0.4, -0.2) is 12.6 Å². The van der Waals surface area contributed by atoms with Crippen LogP contribution in [0, 0.1) is 11.6 Å². The number of esters is 1. The van der Waals surface area contributed by atoms with Crippen molar-refractivity contribution in [1.29, 1.82) is 0 Å². The van der Waals surface area contributed by atoms with E-state index in [1.165, 1.54) is 12.1 Å². The molecule has 0 aromatic heterocycles. The summed E-state index contributed by atoms with van der Waals surface area (Å²) in [4.78, 5) is 11.1. The van der Waals surface area contributed by atoms with Crippen LogP contribution in [0.15, 0.2) is 24.3 Å². The van der Waals surface area contributed by atoms with E-state index in [0.717, 1.165) is 12.1 Å². The molecule has 1 aromatic carbocycles. The molecule has 1 aliphatic heterocycles. The van der Waals surface area contributed by atoms with Gasteiger partial charge in [-0.1, -0.05) is 6.07 Å². The van der Waals surface area contributed by atoms with E-state index < -0.39 is 17.6 Å². The summed E-state index contributed by atoms with van der Waals surface area (Å²) in [6.07, 6.45) is 1.54. The number of benzene rings is 1. The Balaban J connectivity index is 2.42. The van der Waals surface area contributed by atoms with Crippen LogP contribution in [-0.2, 0) is 9.53 Å². The van der Waals surface area contributed by atoms with Crippen LogP contribution in [0.25, 0.3) is 5.57 Å².